The van der Waals surface area contributed by atoms with Crippen molar-refractivity contribution in [2.75, 3.05) is 11.4 Å². The van der Waals surface area contributed by atoms with Crippen LogP contribution in [0.1, 0.15) is 12.8 Å². The van der Waals surface area contributed by atoms with Gasteiger partial charge in [0.25, 0.3) is 0 Å². The third-order valence-corrected chi connectivity index (χ3v) is 2.57. The summed E-state index contributed by atoms with van der Waals surface area (Å²) in [4.78, 5) is 6.18. The quantitative estimate of drug-likeness (QED) is 0.797. The van der Waals surface area contributed by atoms with Crippen LogP contribution < -0.4 is 10.6 Å². The number of aromatic nitrogens is 1. The highest BCUT2D eigenvalue weighted by atomic mass is 35.5. The van der Waals surface area contributed by atoms with Crippen molar-refractivity contribution >= 4 is 42.1 Å². The van der Waals surface area contributed by atoms with Gasteiger partial charge in [-0.15, -0.1) is 24.8 Å². The summed E-state index contributed by atoms with van der Waals surface area (Å²) in [6, 6.07) is 3.75. The molecule has 2 N–H and O–H groups in total. The van der Waals surface area contributed by atoms with Crippen LogP contribution >= 0.6 is 36.4 Å². The average molecular weight is 271 g/mol. The van der Waals surface area contributed by atoms with Crippen molar-refractivity contribution in [1.29, 1.82) is 0 Å². The van der Waals surface area contributed by atoms with Gasteiger partial charge in [0, 0.05) is 6.54 Å². The molecule has 0 bridgehead atoms. The van der Waals surface area contributed by atoms with Crippen LogP contribution in [0.4, 0.5) is 5.69 Å². The second-order valence-corrected chi connectivity index (χ2v) is 3.63. The van der Waals surface area contributed by atoms with E-state index in [1.807, 2.05) is 6.07 Å². The average Bonchev–Trinajstić information content (AvgIpc) is 2.53. The number of anilines is 1. The second-order valence-electron chi connectivity index (χ2n) is 3.24. The highest BCUT2D eigenvalue weighted by Crippen LogP contribution is 2.22. The second kappa shape index (κ2) is 6.38. The lowest BCUT2D eigenvalue weighted by Gasteiger charge is -2.22. The van der Waals surface area contributed by atoms with Crippen LogP contribution in [0.5, 0.6) is 0 Å². The molecule has 1 aromatic rings. The molecule has 2 rings (SSSR count). The van der Waals surface area contributed by atoms with E-state index in [-0.39, 0.29) is 31.0 Å². The van der Waals surface area contributed by atoms with Crippen molar-refractivity contribution < 1.29 is 0 Å². The zero-order valence-corrected chi connectivity index (χ0v) is 10.5. The van der Waals surface area contributed by atoms with Gasteiger partial charge in [-0.1, -0.05) is 11.6 Å². The predicted octanol–water partition coefficient (Wildman–Crippen LogP) is 2.46. The molecule has 1 fully saturated rings. The number of nitrogens with two attached hydrogens (primary N) is 1. The number of hydrogen-bond acceptors (Lipinski definition) is 3. The van der Waals surface area contributed by atoms with Crippen LogP contribution in [0, 0.1) is 0 Å². The van der Waals surface area contributed by atoms with E-state index in [9.17, 15) is 0 Å². The number of halogens is 3. The van der Waals surface area contributed by atoms with Gasteiger partial charge in [0.2, 0.25) is 0 Å². The Balaban J connectivity index is 0.000000980. The molecule has 0 aliphatic carbocycles. The van der Waals surface area contributed by atoms with Crippen LogP contribution in [0.25, 0.3) is 0 Å². The Morgan fingerprint density at radius 1 is 1.40 bits per heavy atom. The molecule has 0 spiro atoms. The third-order valence-electron chi connectivity index (χ3n) is 2.34. The molecule has 1 aliphatic heterocycles. The molecule has 2 heterocycles. The first-order chi connectivity index (χ1) is 6.27. The summed E-state index contributed by atoms with van der Waals surface area (Å²) in [7, 11) is 0. The minimum Gasteiger partial charge on any atom is -0.355 e. The maximum absolute atomic E-state index is 5.91. The first-order valence-electron chi connectivity index (χ1n) is 4.41. The molecule has 0 aromatic carbocycles. The summed E-state index contributed by atoms with van der Waals surface area (Å²) in [5.74, 6) is 0. The Morgan fingerprint density at radius 2 is 2.13 bits per heavy atom. The molecular weight excluding hydrogens is 256 g/mol. The molecule has 3 nitrogen and oxygen atoms in total. The van der Waals surface area contributed by atoms with Gasteiger partial charge in [0.1, 0.15) is 5.15 Å². The minimum absolute atomic E-state index is 0. The van der Waals surface area contributed by atoms with Gasteiger partial charge < -0.3 is 10.6 Å². The van der Waals surface area contributed by atoms with Crippen LogP contribution in [-0.2, 0) is 0 Å². The summed E-state index contributed by atoms with van der Waals surface area (Å²) in [6.07, 6.45) is 4.13. The fourth-order valence-electron chi connectivity index (χ4n) is 1.65. The number of hydrogen-bond donors (Lipinski definition) is 1. The Bertz CT molecular complexity index is 291. The molecule has 1 aliphatic rings. The van der Waals surface area contributed by atoms with Gasteiger partial charge in [0.15, 0.2) is 0 Å². The molecular formula is C9H14Cl3N3. The van der Waals surface area contributed by atoms with Gasteiger partial charge in [0.05, 0.1) is 18.1 Å². The van der Waals surface area contributed by atoms with E-state index in [4.69, 9.17) is 17.3 Å². The fourth-order valence-corrected chi connectivity index (χ4v) is 1.76. The molecule has 86 valence electrons. The smallest absolute Gasteiger partial charge is 0.129 e. The summed E-state index contributed by atoms with van der Waals surface area (Å²) in [5.41, 5.74) is 6.98. The Morgan fingerprint density at radius 3 is 2.60 bits per heavy atom. The van der Waals surface area contributed by atoms with Crippen molar-refractivity contribution in [3.05, 3.63) is 23.5 Å². The highest BCUT2D eigenvalue weighted by Gasteiger charge is 2.20. The van der Waals surface area contributed by atoms with Gasteiger partial charge in [-0.3, -0.25) is 0 Å². The maximum Gasteiger partial charge on any atom is 0.129 e. The standard InChI is InChI=1S/C9H12ClN3.2ClH/c10-8-4-3-7(6-12-8)13-5-1-2-9(13)11;;/h3-4,6,9H,1-2,5,11H2;2*1H. The lowest BCUT2D eigenvalue weighted by molar-refractivity contribution is 0.700. The van der Waals surface area contributed by atoms with E-state index in [0.717, 1.165) is 25.1 Å². The summed E-state index contributed by atoms with van der Waals surface area (Å²) in [5, 5.41) is 0.525. The van der Waals surface area contributed by atoms with Crippen molar-refractivity contribution in [1.82, 2.24) is 4.98 Å². The molecule has 0 amide bonds. The fraction of sp³-hybridized carbons (Fsp3) is 0.444. The van der Waals surface area contributed by atoms with Gasteiger partial charge in [-0.05, 0) is 25.0 Å². The van der Waals surface area contributed by atoms with Gasteiger partial charge >= 0.3 is 0 Å². The molecule has 6 heteroatoms. The summed E-state index contributed by atoms with van der Waals surface area (Å²) in [6.45, 7) is 1.02. The van der Waals surface area contributed by atoms with E-state index in [2.05, 4.69) is 9.88 Å². The molecule has 15 heavy (non-hydrogen) atoms. The molecule has 1 aromatic heterocycles. The summed E-state index contributed by atoms with van der Waals surface area (Å²) < 4.78 is 0. The highest BCUT2D eigenvalue weighted by molar-refractivity contribution is 6.29. The van der Waals surface area contributed by atoms with E-state index < -0.39 is 0 Å². The van der Waals surface area contributed by atoms with Gasteiger partial charge in [-0.2, -0.15) is 0 Å². The number of nitrogens with zero attached hydrogens (tertiary/aromatic N) is 2. The van der Waals surface area contributed by atoms with Crippen molar-refractivity contribution in [3.8, 4) is 0 Å². The van der Waals surface area contributed by atoms with Crippen LogP contribution in [0.2, 0.25) is 5.15 Å². The minimum atomic E-state index is 0. The molecule has 0 saturated carbocycles. The predicted molar refractivity (Wildman–Crippen MR) is 68.3 cm³/mol. The Labute approximate surface area is 107 Å². The Kier molecular flexibility index (Phi) is 6.29. The third kappa shape index (κ3) is 3.38. The van der Waals surface area contributed by atoms with Crippen molar-refractivity contribution in [3.63, 3.8) is 0 Å². The van der Waals surface area contributed by atoms with Gasteiger partial charge in [-0.25, -0.2) is 4.98 Å². The molecule has 1 atom stereocenters. The van der Waals surface area contributed by atoms with E-state index in [0.29, 0.717) is 5.15 Å². The summed E-state index contributed by atoms with van der Waals surface area (Å²) >= 11 is 5.69. The van der Waals surface area contributed by atoms with E-state index in [1.54, 1.807) is 12.3 Å². The monoisotopic (exact) mass is 269 g/mol. The van der Waals surface area contributed by atoms with E-state index in [1.165, 1.54) is 0 Å². The van der Waals surface area contributed by atoms with Crippen molar-refractivity contribution in [2.24, 2.45) is 5.73 Å². The van der Waals surface area contributed by atoms with Crippen LogP contribution in [0.3, 0.4) is 0 Å². The lowest BCUT2D eigenvalue weighted by atomic mass is 10.3. The topological polar surface area (TPSA) is 42.1 Å². The normalized spacial score (nSPS) is 19.3. The number of pyridine rings is 1. The van der Waals surface area contributed by atoms with Crippen LogP contribution in [-0.4, -0.2) is 17.7 Å². The lowest BCUT2D eigenvalue weighted by Crippen LogP contribution is -2.36. The first kappa shape index (κ1) is 14.8. The first-order valence-corrected chi connectivity index (χ1v) is 4.79. The zero-order chi connectivity index (χ0) is 9.26. The zero-order valence-electron chi connectivity index (χ0n) is 8.10. The largest absolute Gasteiger partial charge is 0.355 e. The molecule has 1 unspecified atom stereocenters. The maximum atomic E-state index is 5.91. The molecule has 1 saturated heterocycles. The van der Waals surface area contributed by atoms with Crippen molar-refractivity contribution in [2.45, 2.75) is 19.0 Å². The van der Waals surface area contributed by atoms with E-state index >= 15 is 0 Å². The van der Waals surface area contributed by atoms with Crippen LogP contribution in [0.15, 0.2) is 18.3 Å². The SMILES string of the molecule is Cl.Cl.NC1CCCN1c1ccc(Cl)nc1. The Hall–Kier alpha value is -0.220. The number of rotatable bonds is 1. The molecule has 0 radical (unpaired) electrons.